The van der Waals surface area contributed by atoms with Gasteiger partial charge in [-0.15, -0.1) is 0 Å². The predicted molar refractivity (Wildman–Crippen MR) is 105 cm³/mol. The number of halogens is 1. The Kier molecular flexibility index (Phi) is 5.39. The number of hydrogen-bond acceptors (Lipinski definition) is 4. The van der Waals surface area contributed by atoms with Gasteiger partial charge >= 0.3 is 0 Å². The number of carbonyl (C=O) groups excluding carboxylic acids is 1. The number of rotatable bonds is 5. The smallest absolute Gasteiger partial charge is 0.255 e. The van der Waals surface area contributed by atoms with Crippen LogP contribution in [0.4, 0.5) is 17.2 Å². The van der Waals surface area contributed by atoms with Crippen molar-refractivity contribution in [3.63, 3.8) is 0 Å². The molecule has 1 amide bonds. The minimum Gasteiger partial charge on any atom is -0.495 e. The minimum atomic E-state index is -0.202. The standard InChI is InChI=1S/C20H18ClN3O2/c1-13-3-5-15(6-4-13)24-20(25)14-9-10-22-19(11-14)23-16-7-8-18(26-2)17(21)12-16/h3-12H,1-2H3,(H,22,23)(H,24,25). The van der Waals surface area contributed by atoms with Crippen molar-refractivity contribution in [2.45, 2.75) is 6.92 Å². The number of benzene rings is 2. The van der Waals surface area contributed by atoms with Gasteiger partial charge < -0.3 is 15.4 Å². The first-order valence-corrected chi connectivity index (χ1v) is 8.37. The van der Waals surface area contributed by atoms with Gasteiger partial charge in [0.1, 0.15) is 11.6 Å². The third-order valence-corrected chi connectivity index (χ3v) is 4.05. The van der Waals surface area contributed by atoms with Gasteiger partial charge in [0.15, 0.2) is 0 Å². The molecule has 0 atom stereocenters. The lowest BCUT2D eigenvalue weighted by molar-refractivity contribution is 0.102. The van der Waals surface area contributed by atoms with Crippen LogP contribution in [0.3, 0.4) is 0 Å². The highest BCUT2D eigenvalue weighted by molar-refractivity contribution is 6.32. The Morgan fingerprint density at radius 2 is 1.77 bits per heavy atom. The lowest BCUT2D eigenvalue weighted by Crippen LogP contribution is -2.12. The van der Waals surface area contributed by atoms with E-state index in [1.165, 1.54) is 0 Å². The van der Waals surface area contributed by atoms with E-state index in [-0.39, 0.29) is 5.91 Å². The summed E-state index contributed by atoms with van der Waals surface area (Å²) in [5.74, 6) is 0.936. The maximum Gasteiger partial charge on any atom is 0.255 e. The van der Waals surface area contributed by atoms with Crippen LogP contribution in [-0.2, 0) is 0 Å². The van der Waals surface area contributed by atoms with Crippen molar-refractivity contribution >= 4 is 34.7 Å². The van der Waals surface area contributed by atoms with Crippen molar-refractivity contribution in [1.29, 1.82) is 0 Å². The summed E-state index contributed by atoms with van der Waals surface area (Å²) < 4.78 is 5.14. The van der Waals surface area contributed by atoms with E-state index in [2.05, 4.69) is 15.6 Å². The van der Waals surface area contributed by atoms with Gasteiger partial charge in [0, 0.05) is 23.1 Å². The fourth-order valence-corrected chi connectivity index (χ4v) is 2.63. The number of methoxy groups -OCH3 is 1. The lowest BCUT2D eigenvalue weighted by Gasteiger charge is -2.10. The zero-order valence-corrected chi connectivity index (χ0v) is 15.2. The summed E-state index contributed by atoms with van der Waals surface area (Å²) >= 11 is 6.13. The average molecular weight is 368 g/mol. The molecule has 0 saturated heterocycles. The summed E-state index contributed by atoms with van der Waals surface area (Å²) in [4.78, 5) is 16.7. The summed E-state index contributed by atoms with van der Waals surface area (Å²) in [6.45, 7) is 2.00. The highest BCUT2D eigenvalue weighted by Crippen LogP contribution is 2.28. The first-order valence-electron chi connectivity index (χ1n) is 8.00. The molecule has 1 heterocycles. The van der Waals surface area contributed by atoms with Gasteiger partial charge in [-0.3, -0.25) is 4.79 Å². The van der Waals surface area contributed by atoms with Crippen molar-refractivity contribution in [2.75, 3.05) is 17.7 Å². The summed E-state index contributed by atoms with van der Waals surface area (Å²) in [6, 6.07) is 16.3. The molecule has 0 aliphatic rings. The SMILES string of the molecule is COc1ccc(Nc2cc(C(=O)Nc3ccc(C)cc3)ccn2)cc1Cl. The molecule has 132 valence electrons. The van der Waals surface area contributed by atoms with Crippen molar-refractivity contribution < 1.29 is 9.53 Å². The van der Waals surface area contributed by atoms with E-state index in [0.717, 1.165) is 16.9 Å². The third kappa shape index (κ3) is 4.32. The maximum absolute atomic E-state index is 12.4. The molecular weight excluding hydrogens is 350 g/mol. The fraction of sp³-hybridized carbons (Fsp3) is 0.100. The largest absolute Gasteiger partial charge is 0.495 e. The molecule has 3 rings (SSSR count). The molecule has 0 saturated carbocycles. The fourth-order valence-electron chi connectivity index (χ4n) is 2.37. The highest BCUT2D eigenvalue weighted by Gasteiger charge is 2.08. The molecule has 0 bridgehead atoms. The van der Waals surface area contributed by atoms with E-state index >= 15 is 0 Å². The predicted octanol–water partition coefficient (Wildman–Crippen LogP) is 5.05. The molecule has 3 aromatic rings. The number of anilines is 3. The number of amides is 1. The topological polar surface area (TPSA) is 63.2 Å². The van der Waals surface area contributed by atoms with E-state index in [1.807, 2.05) is 37.3 Å². The van der Waals surface area contributed by atoms with Crippen LogP contribution >= 0.6 is 11.6 Å². The number of carbonyl (C=O) groups is 1. The van der Waals surface area contributed by atoms with Gasteiger partial charge in [-0.25, -0.2) is 4.98 Å². The molecule has 1 aromatic heterocycles. The Labute approximate surface area is 157 Å². The van der Waals surface area contributed by atoms with E-state index in [4.69, 9.17) is 16.3 Å². The van der Waals surface area contributed by atoms with Gasteiger partial charge in [-0.05, 0) is 49.4 Å². The Morgan fingerprint density at radius 1 is 1.04 bits per heavy atom. The van der Waals surface area contributed by atoms with Crippen LogP contribution in [0.5, 0.6) is 5.75 Å². The molecule has 0 spiro atoms. The minimum absolute atomic E-state index is 0.202. The molecule has 6 heteroatoms. The third-order valence-electron chi connectivity index (χ3n) is 3.76. The molecule has 0 radical (unpaired) electrons. The van der Waals surface area contributed by atoms with Crippen LogP contribution in [0.1, 0.15) is 15.9 Å². The van der Waals surface area contributed by atoms with Crippen molar-refractivity contribution in [1.82, 2.24) is 4.98 Å². The molecule has 2 aromatic carbocycles. The van der Waals surface area contributed by atoms with Crippen LogP contribution in [-0.4, -0.2) is 18.0 Å². The molecule has 2 N–H and O–H groups in total. The molecule has 0 aliphatic heterocycles. The van der Waals surface area contributed by atoms with E-state index in [9.17, 15) is 4.79 Å². The van der Waals surface area contributed by atoms with Crippen LogP contribution in [0, 0.1) is 6.92 Å². The van der Waals surface area contributed by atoms with Crippen LogP contribution in [0.2, 0.25) is 5.02 Å². The molecule has 5 nitrogen and oxygen atoms in total. The van der Waals surface area contributed by atoms with E-state index < -0.39 is 0 Å². The van der Waals surface area contributed by atoms with Crippen LogP contribution < -0.4 is 15.4 Å². The summed E-state index contributed by atoms with van der Waals surface area (Å²) in [5, 5.41) is 6.49. The van der Waals surface area contributed by atoms with Crippen LogP contribution in [0.25, 0.3) is 0 Å². The summed E-state index contributed by atoms with van der Waals surface area (Å²) in [6.07, 6.45) is 1.58. The number of nitrogens with zero attached hydrogens (tertiary/aromatic N) is 1. The van der Waals surface area contributed by atoms with E-state index in [1.54, 1.807) is 37.6 Å². The van der Waals surface area contributed by atoms with Gasteiger partial charge in [0.2, 0.25) is 0 Å². The Morgan fingerprint density at radius 3 is 2.46 bits per heavy atom. The van der Waals surface area contributed by atoms with Gasteiger partial charge in [0.25, 0.3) is 5.91 Å². The number of aryl methyl sites for hydroxylation is 1. The molecule has 0 aliphatic carbocycles. The van der Waals surface area contributed by atoms with Gasteiger partial charge in [0.05, 0.1) is 12.1 Å². The lowest BCUT2D eigenvalue weighted by atomic mass is 10.2. The normalized spacial score (nSPS) is 10.3. The second-order valence-corrected chi connectivity index (χ2v) is 6.13. The molecule has 26 heavy (non-hydrogen) atoms. The van der Waals surface area contributed by atoms with Gasteiger partial charge in [-0.1, -0.05) is 29.3 Å². The second kappa shape index (κ2) is 7.89. The number of aromatic nitrogens is 1. The van der Waals surface area contributed by atoms with E-state index in [0.29, 0.717) is 22.2 Å². The molecule has 0 unspecified atom stereocenters. The van der Waals surface area contributed by atoms with Crippen molar-refractivity contribution in [3.8, 4) is 5.75 Å². The monoisotopic (exact) mass is 367 g/mol. The quantitative estimate of drug-likeness (QED) is 0.662. The Hall–Kier alpha value is -3.05. The van der Waals surface area contributed by atoms with Crippen molar-refractivity contribution in [2.24, 2.45) is 0 Å². The number of hydrogen-bond donors (Lipinski definition) is 2. The summed E-state index contributed by atoms with van der Waals surface area (Å²) in [7, 11) is 1.56. The average Bonchev–Trinajstić information content (AvgIpc) is 2.64. The Balaban J connectivity index is 1.74. The van der Waals surface area contributed by atoms with Crippen molar-refractivity contribution in [3.05, 3.63) is 76.9 Å². The first kappa shape index (κ1) is 17.8. The Bertz CT molecular complexity index is 927. The molecule has 0 fully saturated rings. The van der Waals surface area contributed by atoms with Gasteiger partial charge in [-0.2, -0.15) is 0 Å². The number of ether oxygens (including phenoxy) is 1. The number of pyridine rings is 1. The summed E-state index contributed by atoms with van der Waals surface area (Å²) in [5.41, 5.74) is 3.13. The maximum atomic E-state index is 12.4. The second-order valence-electron chi connectivity index (χ2n) is 5.72. The molecular formula is C20H18ClN3O2. The number of nitrogens with one attached hydrogen (secondary N) is 2. The van der Waals surface area contributed by atoms with Crippen LogP contribution in [0.15, 0.2) is 60.8 Å². The first-order chi connectivity index (χ1) is 12.5. The zero-order chi connectivity index (χ0) is 18.5. The zero-order valence-electron chi connectivity index (χ0n) is 14.4. The highest BCUT2D eigenvalue weighted by atomic mass is 35.5.